The molecule has 2 aromatic carbocycles. The predicted octanol–water partition coefficient (Wildman–Crippen LogP) is 7.72. The molecule has 4 nitrogen and oxygen atoms in total. The van der Waals surface area contributed by atoms with E-state index in [1.54, 1.807) is 6.08 Å². The Morgan fingerprint density at radius 1 is 0.921 bits per heavy atom. The molecule has 7 rings (SSSR count). The van der Waals surface area contributed by atoms with E-state index in [-0.39, 0.29) is 11.5 Å². The third kappa shape index (κ3) is 4.29. The number of rotatable bonds is 5. The summed E-state index contributed by atoms with van der Waals surface area (Å²) in [5, 5.41) is 12.7. The molecular weight excluding hydrogens is 466 g/mol. The normalized spacial score (nSPS) is 25.9. The maximum Gasteiger partial charge on any atom is 0.266 e. The SMILES string of the molecule is Cc1ccc(NC(=O)/C(C#N)=C\c2cc(C)n(-c3ccc(C45CC6CC(CC(C6)C4)C5)cc3)c2C)cc1C. The van der Waals surface area contributed by atoms with Gasteiger partial charge in [0.25, 0.3) is 5.91 Å². The molecule has 4 aliphatic carbocycles. The van der Waals surface area contributed by atoms with Crippen LogP contribution in [0.2, 0.25) is 0 Å². The highest BCUT2D eigenvalue weighted by atomic mass is 16.1. The fourth-order valence-corrected chi connectivity index (χ4v) is 8.08. The number of nitrogens with zero attached hydrogens (tertiary/aromatic N) is 2. The van der Waals surface area contributed by atoms with Gasteiger partial charge in [-0.25, -0.2) is 0 Å². The van der Waals surface area contributed by atoms with E-state index in [2.05, 4.69) is 60.1 Å². The van der Waals surface area contributed by atoms with E-state index in [1.165, 1.54) is 44.1 Å². The van der Waals surface area contributed by atoms with Gasteiger partial charge in [0, 0.05) is 22.8 Å². The van der Waals surface area contributed by atoms with Crippen LogP contribution in [0.3, 0.4) is 0 Å². The van der Waals surface area contributed by atoms with Gasteiger partial charge in [0.1, 0.15) is 11.6 Å². The van der Waals surface area contributed by atoms with Gasteiger partial charge in [-0.2, -0.15) is 5.26 Å². The number of carbonyl (C=O) groups is 1. The lowest BCUT2D eigenvalue weighted by Crippen LogP contribution is -2.48. The number of hydrogen-bond acceptors (Lipinski definition) is 2. The van der Waals surface area contributed by atoms with Gasteiger partial charge >= 0.3 is 0 Å². The average molecular weight is 504 g/mol. The summed E-state index contributed by atoms with van der Waals surface area (Å²) in [7, 11) is 0. The van der Waals surface area contributed by atoms with Crippen molar-refractivity contribution in [2.75, 3.05) is 5.32 Å². The van der Waals surface area contributed by atoms with Crippen LogP contribution in [0.1, 0.15) is 72.2 Å². The van der Waals surface area contributed by atoms with Gasteiger partial charge in [-0.3, -0.25) is 4.79 Å². The summed E-state index contributed by atoms with van der Waals surface area (Å²) < 4.78 is 2.23. The van der Waals surface area contributed by atoms with Crippen LogP contribution in [0, 0.1) is 56.8 Å². The first kappa shape index (κ1) is 24.7. The topological polar surface area (TPSA) is 57.8 Å². The molecule has 1 N–H and O–H groups in total. The van der Waals surface area contributed by atoms with E-state index in [0.717, 1.165) is 51.5 Å². The number of hydrogen-bond donors (Lipinski definition) is 1. The lowest BCUT2D eigenvalue weighted by Gasteiger charge is -2.57. The highest BCUT2D eigenvalue weighted by Crippen LogP contribution is 2.60. The van der Waals surface area contributed by atoms with E-state index in [4.69, 9.17) is 0 Å². The van der Waals surface area contributed by atoms with Crippen LogP contribution >= 0.6 is 0 Å². The molecule has 4 heteroatoms. The molecule has 1 heterocycles. The van der Waals surface area contributed by atoms with Crippen LogP contribution in [0.4, 0.5) is 5.69 Å². The monoisotopic (exact) mass is 503 g/mol. The minimum atomic E-state index is -0.388. The van der Waals surface area contributed by atoms with Gasteiger partial charge in [0.15, 0.2) is 0 Å². The fraction of sp³-hybridized carbons (Fsp3) is 0.412. The molecule has 4 aliphatic rings. The number of nitriles is 1. The van der Waals surface area contributed by atoms with Crippen molar-refractivity contribution in [2.24, 2.45) is 17.8 Å². The summed E-state index contributed by atoms with van der Waals surface area (Å²) >= 11 is 0. The largest absolute Gasteiger partial charge is 0.321 e. The lowest BCUT2D eigenvalue weighted by molar-refractivity contribution is -0.112. The van der Waals surface area contributed by atoms with Crippen molar-refractivity contribution in [1.82, 2.24) is 4.57 Å². The third-order valence-corrected chi connectivity index (χ3v) is 9.68. The number of carbonyl (C=O) groups excluding carboxylic acids is 1. The molecule has 1 aromatic heterocycles. The molecular formula is C34H37N3O. The smallest absolute Gasteiger partial charge is 0.266 e. The first-order chi connectivity index (χ1) is 18.2. The first-order valence-electron chi connectivity index (χ1n) is 14.0. The molecule has 0 saturated heterocycles. The van der Waals surface area contributed by atoms with E-state index in [1.807, 2.05) is 32.0 Å². The van der Waals surface area contributed by atoms with Crippen molar-refractivity contribution < 1.29 is 4.79 Å². The Bertz CT molecular complexity index is 1450. The molecule has 0 atom stereocenters. The zero-order chi connectivity index (χ0) is 26.6. The molecule has 0 spiro atoms. The van der Waals surface area contributed by atoms with Crippen LogP contribution in [0.25, 0.3) is 11.8 Å². The number of aryl methyl sites for hydroxylation is 3. The maximum atomic E-state index is 12.9. The Morgan fingerprint density at radius 3 is 2.13 bits per heavy atom. The van der Waals surface area contributed by atoms with Crippen molar-refractivity contribution in [3.05, 3.63) is 87.7 Å². The second-order valence-electron chi connectivity index (χ2n) is 12.3. The van der Waals surface area contributed by atoms with Crippen LogP contribution in [-0.4, -0.2) is 10.5 Å². The Kier molecular flexibility index (Phi) is 6.06. The van der Waals surface area contributed by atoms with E-state index in [9.17, 15) is 10.1 Å². The highest BCUT2D eigenvalue weighted by Gasteiger charge is 2.51. The van der Waals surface area contributed by atoms with Gasteiger partial charge in [-0.1, -0.05) is 18.2 Å². The molecule has 3 aromatic rings. The summed E-state index contributed by atoms with van der Waals surface area (Å²) in [6.45, 7) is 8.19. The fourth-order valence-electron chi connectivity index (χ4n) is 8.08. The second kappa shape index (κ2) is 9.31. The third-order valence-electron chi connectivity index (χ3n) is 9.68. The molecule has 38 heavy (non-hydrogen) atoms. The molecule has 194 valence electrons. The number of benzene rings is 2. The van der Waals surface area contributed by atoms with E-state index < -0.39 is 0 Å². The van der Waals surface area contributed by atoms with E-state index in [0.29, 0.717) is 11.1 Å². The van der Waals surface area contributed by atoms with Crippen molar-refractivity contribution in [2.45, 2.75) is 71.6 Å². The summed E-state index contributed by atoms with van der Waals surface area (Å²) in [6, 6.07) is 19.2. The van der Waals surface area contributed by atoms with Gasteiger partial charge in [0.2, 0.25) is 0 Å². The second-order valence-corrected chi connectivity index (χ2v) is 12.3. The molecule has 0 aliphatic heterocycles. The van der Waals surface area contributed by atoms with E-state index >= 15 is 0 Å². The van der Waals surface area contributed by atoms with Gasteiger partial charge in [-0.15, -0.1) is 0 Å². The standard InChI is InChI=1S/C34H37N3O/c1-21-5-8-31(11-22(21)2)36-33(38)29(20-35)16-28-12-23(3)37(24(28)4)32-9-6-30(7-10-32)34-17-25-13-26(18-34)15-27(14-25)19-34/h5-12,16,25-27H,13-15,17-19H2,1-4H3,(H,36,38)/b29-16-. The molecule has 4 saturated carbocycles. The average Bonchev–Trinajstić information content (AvgIpc) is 3.16. The highest BCUT2D eigenvalue weighted by molar-refractivity contribution is 6.09. The minimum absolute atomic E-state index is 0.0978. The van der Waals surface area contributed by atoms with Gasteiger partial charge < -0.3 is 9.88 Å². The molecule has 4 fully saturated rings. The minimum Gasteiger partial charge on any atom is -0.321 e. The number of nitrogens with one attached hydrogen (secondary N) is 1. The number of anilines is 1. The Morgan fingerprint density at radius 2 is 1.55 bits per heavy atom. The predicted molar refractivity (Wildman–Crippen MR) is 153 cm³/mol. The van der Waals surface area contributed by atoms with Crippen LogP contribution in [0.5, 0.6) is 0 Å². The van der Waals surface area contributed by atoms with Gasteiger partial charge in [-0.05, 0) is 148 Å². The Balaban J connectivity index is 1.25. The van der Waals surface area contributed by atoms with Crippen molar-refractivity contribution >= 4 is 17.7 Å². The summed E-state index contributed by atoms with van der Waals surface area (Å²) in [6.07, 6.45) is 10.2. The Labute approximate surface area is 226 Å². The van der Waals surface area contributed by atoms with Gasteiger partial charge in [0.05, 0.1) is 0 Å². The van der Waals surface area contributed by atoms with Crippen molar-refractivity contribution in [3.8, 4) is 11.8 Å². The Hall–Kier alpha value is -3.58. The molecule has 0 unspecified atom stereocenters. The number of aromatic nitrogens is 1. The zero-order valence-corrected chi connectivity index (χ0v) is 23.0. The molecule has 4 bridgehead atoms. The maximum absolute atomic E-state index is 12.9. The number of amides is 1. The lowest BCUT2D eigenvalue weighted by atomic mass is 9.48. The zero-order valence-electron chi connectivity index (χ0n) is 23.0. The van der Waals surface area contributed by atoms with Crippen LogP contribution < -0.4 is 5.32 Å². The molecule has 0 radical (unpaired) electrons. The quantitative estimate of drug-likeness (QED) is 0.286. The summed E-state index contributed by atoms with van der Waals surface area (Å²) in [4.78, 5) is 12.9. The first-order valence-corrected chi connectivity index (χ1v) is 14.0. The van der Waals surface area contributed by atoms with Crippen molar-refractivity contribution in [1.29, 1.82) is 5.26 Å². The van der Waals surface area contributed by atoms with Crippen LogP contribution in [0.15, 0.2) is 54.1 Å². The molecule has 1 amide bonds. The van der Waals surface area contributed by atoms with Crippen molar-refractivity contribution in [3.63, 3.8) is 0 Å². The van der Waals surface area contributed by atoms with Crippen LogP contribution in [-0.2, 0) is 10.2 Å². The summed E-state index contributed by atoms with van der Waals surface area (Å²) in [5.74, 6) is 2.42. The summed E-state index contributed by atoms with van der Waals surface area (Å²) in [5.41, 5.74) is 9.11.